The second-order valence-electron chi connectivity index (χ2n) is 6.25. The van der Waals surface area contributed by atoms with Crippen LogP contribution in [0.2, 0.25) is 0 Å². The van der Waals surface area contributed by atoms with E-state index in [1.54, 1.807) is 0 Å². The van der Waals surface area contributed by atoms with Crippen LogP contribution in [-0.2, 0) is 0 Å². The number of rotatable bonds is 5. The van der Waals surface area contributed by atoms with Crippen molar-refractivity contribution in [1.29, 1.82) is 0 Å². The quantitative estimate of drug-likeness (QED) is 0.852. The molecule has 1 atom stereocenters. The Hall–Kier alpha value is -2.14. The minimum atomic E-state index is -0.171. The number of hydrogen-bond acceptors (Lipinski definition) is 3. The largest absolute Gasteiger partial charge is 0.494 e. The molecule has 1 saturated heterocycles. The summed E-state index contributed by atoms with van der Waals surface area (Å²) < 4.78 is 5.54. The molecule has 0 bridgehead atoms. The molecule has 138 valence electrons. The number of benzene rings is 2. The van der Waals surface area contributed by atoms with E-state index < -0.39 is 0 Å². The predicted molar refractivity (Wildman–Crippen MR) is 108 cm³/mol. The van der Waals surface area contributed by atoms with Crippen molar-refractivity contribution in [3.8, 4) is 5.75 Å². The Bertz CT molecular complexity index is 683. The average molecular weight is 371 g/mol. The van der Waals surface area contributed by atoms with Crippen LogP contribution in [0.4, 0.5) is 4.79 Å². The van der Waals surface area contributed by atoms with Gasteiger partial charge in [0.05, 0.1) is 12.6 Å². The SMILES string of the molecule is CCOc1ccc(C(NC(=O)N2CCCSCC2)c2ccccc2)cc1. The van der Waals surface area contributed by atoms with Gasteiger partial charge in [-0.1, -0.05) is 42.5 Å². The summed E-state index contributed by atoms with van der Waals surface area (Å²) in [5, 5.41) is 3.24. The third kappa shape index (κ3) is 4.94. The lowest BCUT2D eigenvalue weighted by Crippen LogP contribution is -2.43. The monoisotopic (exact) mass is 370 g/mol. The highest BCUT2D eigenvalue weighted by Crippen LogP contribution is 2.25. The van der Waals surface area contributed by atoms with Gasteiger partial charge in [-0.15, -0.1) is 0 Å². The summed E-state index contributed by atoms with van der Waals surface area (Å²) in [5.41, 5.74) is 2.13. The Kier molecular flexibility index (Phi) is 6.83. The number of urea groups is 1. The Morgan fingerprint density at radius 2 is 1.81 bits per heavy atom. The molecular weight excluding hydrogens is 344 g/mol. The molecule has 1 heterocycles. The van der Waals surface area contributed by atoms with Gasteiger partial charge in [0.15, 0.2) is 0 Å². The minimum absolute atomic E-state index is 0.00948. The summed E-state index contributed by atoms with van der Waals surface area (Å²) in [7, 11) is 0. The maximum absolute atomic E-state index is 12.9. The predicted octanol–water partition coefficient (Wildman–Crippen LogP) is 4.32. The normalized spacial score (nSPS) is 15.8. The highest BCUT2D eigenvalue weighted by molar-refractivity contribution is 7.99. The maximum atomic E-state index is 12.9. The smallest absolute Gasteiger partial charge is 0.318 e. The summed E-state index contributed by atoms with van der Waals surface area (Å²) in [6.45, 7) is 4.25. The van der Waals surface area contributed by atoms with Crippen LogP contribution < -0.4 is 10.1 Å². The highest BCUT2D eigenvalue weighted by Gasteiger charge is 2.21. The molecule has 2 amide bonds. The molecule has 0 radical (unpaired) electrons. The van der Waals surface area contributed by atoms with Gasteiger partial charge in [0.1, 0.15) is 5.75 Å². The van der Waals surface area contributed by atoms with Gasteiger partial charge in [-0.3, -0.25) is 0 Å². The number of carbonyl (C=O) groups excluding carboxylic acids is 1. The van der Waals surface area contributed by atoms with E-state index in [0.29, 0.717) is 6.61 Å². The van der Waals surface area contributed by atoms with Crippen molar-refractivity contribution in [2.75, 3.05) is 31.2 Å². The van der Waals surface area contributed by atoms with Crippen LogP contribution in [0.5, 0.6) is 5.75 Å². The summed E-state index contributed by atoms with van der Waals surface area (Å²) in [6, 6.07) is 17.9. The summed E-state index contributed by atoms with van der Waals surface area (Å²) >= 11 is 1.92. The molecule has 1 aliphatic rings. The van der Waals surface area contributed by atoms with Crippen LogP contribution in [0.3, 0.4) is 0 Å². The number of hydrogen-bond donors (Lipinski definition) is 1. The molecule has 5 heteroatoms. The first-order chi connectivity index (χ1) is 12.8. The molecule has 26 heavy (non-hydrogen) atoms. The molecule has 2 aromatic carbocycles. The number of amides is 2. The fraction of sp³-hybridized carbons (Fsp3) is 0.381. The number of thioether (sulfide) groups is 1. The van der Waals surface area contributed by atoms with Crippen molar-refractivity contribution in [2.45, 2.75) is 19.4 Å². The Morgan fingerprint density at radius 3 is 2.54 bits per heavy atom. The van der Waals surface area contributed by atoms with Crippen LogP contribution in [0.1, 0.15) is 30.5 Å². The second kappa shape index (κ2) is 9.53. The summed E-state index contributed by atoms with van der Waals surface area (Å²) in [4.78, 5) is 14.8. The van der Waals surface area contributed by atoms with Crippen molar-refractivity contribution >= 4 is 17.8 Å². The summed E-state index contributed by atoms with van der Waals surface area (Å²) in [5.74, 6) is 2.98. The molecule has 1 unspecified atom stereocenters. The van der Waals surface area contributed by atoms with Gasteiger partial charge in [-0.05, 0) is 42.4 Å². The molecule has 1 N–H and O–H groups in total. The topological polar surface area (TPSA) is 41.6 Å². The standard InChI is InChI=1S/C21H26N2O2S/c1-2-25-19-11-9-18(10-12-19)20(17-7-4-3-5-8-17)22-21(24)23-13-6-15-26-16-14-23/h3-5,7-12,20H,2,6,13-16H2,1H3,(H,22,24). The number of ether oxygens (including phenoxy) is 1. The number of nitrogens with one attached hydrogen (secondary N) is 1. The molecule has 0 aliphatic carbocycles. The van der Waals surface area contributed by atoms with Crippen LogP contribution in [-0.4, -0.2) is 42.1 Å². The van der Waals surface area contributed by atoms with Crippen molar-refractivity contribution < 1.29 is 9.53 Å². The van der Waals surface area contributed by atoms with Crippen molar-refractivity contribution in [2.24, 2.45) is 0 Å². The zero-order valence-corrected chi connectivity index (χ0v) is 16.0. The Balaban J connectivity index is 1.80. The van der Waals surface area contributed by atoms with Crippen molar-refractivity contribution in [3.05, 3.63) is 65.7 Å². The highest BCUT2D eigenvalue weighted by atomic mass is 32.2. The minimum Gasteiger partial charge on any atom is -0.494 e. The van der Waals surface area contributed by atoms with Gasteiger partial charge in [-0.2, -0.15) is 11.8 Å². The average Bonchev–Trinajstić information content (AvgIpc) is 2.97. The number of carbonyl (C=O) groups is 1. The van der Waals surface area contributed by atoms with Crippen LogP contribution in [0.25, 0.3) is 0 Å². The van der Waals surface area contributed by atoms with Crippen molar-refractivity contribution in [1.82, 2.24) is 10.2 Å². The van der Waals surface area contributed by atoms with Gasteiger partial charge in [0, 0.05) is 18.8 Å². The third-order valence-electron chi connectivity index (χ3n) is 4.43. The van der Waals surface area contributed by atoms with E-state index in [-0.39, 0.29) is 12.1 Å². The lowest BCUT2D eigenvalue weighted by molar-refractivity contribution is 0.199. The zero-order chi connectivity index (χ0) is 18.2. The molecule has 1 fully saturated rings. The molecular formula is C21H26N2O2S. The molecule has 4 nitrogen and oxygen atoms in total. The molecule has 3 rings (SSSR count). The molecule has 0 aromatic heterocycles. The first kappa shape index (κ1) is 18.6. The first-order valence-electron chi connectivity index (χ1n) is 9.19. The Morgan fingerprint density at radius 1 is 1.08 bits per heavy atom. The molecule has 0 saturated carbocycles. The lowest BCUT2D eigenvalue weighted by Gasteiger charge is -2.26. The Labute approximate surface area is 159 Å². The second-order valence-corrected chi connectivity index (χ2v) is 7.47. The van der Waals surface area contributed by atoms with Gasteiger partial charge >= 0.3 is 6.03 Å². The van der Waals surface area contributed by atoms with E-state index in [4.69, 9.17) is 4.74 Å². The van der Waals surface area contributed by atoms with Gasteiger partial charge < -0.3 is 15.0 Å². The van der Waals surface area contributed by atoms with E-state index in [0.717, 1.165) is 47.9 Å². The fourth-order valence-electron chi connectivity index (χ4n) is 3.09. The molecule has 0 spiro atoms. The zero-order valence-electron chi connectivity index (χ0n) is 15.2. The van der Waals surface area contributed by atoms with Gasteiger partial charge in [0.25, 0.3) is 0 Å². The van der Waals surface area contributed by atoms with Crippen LogP contribution in [0, 0.1) is 0 Å². The van der Waals surface area contributed by atoms with E-state index in [1.807, 2.05) is 66.1 Å². The molecule has 2 aromatic rings. The van der Waals surface area contributed by atoms with Gasteiger partial charge in [-0.25, -0.2) is 4.79 Å². The van der Waals surface area contributed by atoms with E-state index in [9.17, 15) is 4.79 Å². The first-order valence-corrected chi connectivity index (χ1v) is 10.3. The maximum Gasteiger partial charge on any atom is 0.318 e. The summed E-state index contributed by atoms with van der Waals surface area (Å²) in [6.07, 6.45) is 1.05. The van der Waals surface area contributed by atoms with E-state index in [2.05, 4.69) is 17.4 Å². The molecule has 1 aliphatic heterocycles. The van der Waals surface area contributed by atoms with E-state index in [1.165, 1.54) is 0 Å². The van der Waals surface area contributed by atoms with Crippen LogP contribution >= 0.6 is 11.8 Å². The van der Waals surface area contributed by atoms with Crippen LogP contribution in [0.15, 0.2) is 54.6 Å². The van der Waals surface area contributed by atoms with E-state index >= 15 is 0 Å². The number of nitrogens with zero attached hydrogens (tertiary/aromatic N) is 1. The third-order valence-corrected chi connectivity index (χ3v) is 5.48. The van der Waals surface area contributed by atoms with Gasteiger partial charge in [0.2, 0.25) is 0 Å². The lowest BCUT2D eigenvalue weighted by atomic mass is 9.98. The van der Waals surface area contributed by atoms with Crippen molar-refractivity contribution in [3.63, 3.8) is 0 Å². The fourth-order valence-corrected chi connectivity index (χ4v) is 3.98.